The fourth-order valence-corrected chi connectivity index (χ4v) is 2.40. The van der Waals surface area contributed by atoms with Crippen LogP contribution in [-0.4, -0.2) is 34.8 Å². The van der Waals surface area contributed by atoms with E-state index in [-0.39, 0.29) is 11.7 Å². The molecule has 2 rings (SSSR count). The second-order valence-electron chi connectivity index (χ2n) is 5.88. The average Bonchev–Trinajstić information content (AvgIpc) is 2.36. The third-order valence-electron chi connectivity index (χ3n) is 3.38. The van der Waals surface area contributed by atoms with E-state index in [1.54, 1.807) is 19.9 Å². The highest BCUT2D eigenvalue weighted by atomic mass is 16.3. The van der Waals surface area contributed by atoms with Crippen LogP contribution in [0, 0.1) is 0 Å². The molecule has 1 aliphatic rings. The molecular formula is C15H22N2O3. The summed E-state index contributed by atoms with van der Waals surface area (Å²) in [5.41, 5.74) is 1.99. The molecule has 0 aromatic heterocycles. The second-order valence-corrected chi connectivity index (χ2v) is 5.88. The van der Waals surface area contributed by atoms with Gasteiger partial charge in [0.2, 0.25) is 5.91 Å². The standard InChI is InChI=1S/C15H22N2O3/c1-15(2,20)9-16-8-7-10-3-5-12(18)14-11(10)4-6-13(19)17-14/h3,5,16,18,20H,4,6-9H2,1-2H3,(H,17,19). The zero-order valence-corrected chi connectivity index (χ0v) is 12.0. The molecule has 1 aromatic carbocycles. The molecule has 110 valence electrons. The molecule has 0 spiro atoms. The van der Waals surface area contributed by atoms with Gasteiger partial charge in [0, 0.05) is 13.0 Å². The van der Waals surface area contributed by atoms with Crippen LogP contribution in [0.3, 0.4) is 0 Å². The number of hydrogen-bond acceptors (Lipinski definition) is 4. The minimum Gasteiger partial charge on any atom is -0.506 e. The number of fused-ring (bicyclic) bond motifs is 1. The molecule has 0 saturated carbocycles. The number of aromatic hydroxyl groups is 1. The number of benzene rings is 1. The Morgan fingerprint density at radius 1 is 1.35 bits per heavy atom. The van der Waals surface area contributed by atoms with E-state index in [0.717, 1.165) is 24.1 Å². The number of phenolic OH excluding ortho intramolecular Hbond substituents is 1. The Balaban J connectivity index is 2.02. The lowest BCUT2D eigenvalue weighted by atomic mass is 9.95. The minimum absolute atomic E-state index is 0.0508. The van der Waals surface area contributed by atoms with Crippen molar-refractivity contribution in [2.75, 3.05) is 18.4 Å². The van der Waals surface area contributed by atoms with Gasteiger partial charge in [-0.1, -0.05) is 6.07 Å². The number of aliphatic hydroxyl groups is 1. The summed E-state index contributed by atoms with van der Waals surface area (Å²) in [7, 11) is 0. The maximum Gasteiger partial charge on any atom is 0.224 e. The summed E-state index contributed by atoms with van der Waals surface area (Å²) < 4.78 is 0. The number of hydrogen-bond donors (Lipinski definition) is 4. The van der Waals surface area contributed by atoms with Crippen LogP contribution < -0.4 is 10.6 Å². The molecule has 0 saturated heterocycles. The first-order chi connectivity index (χ1) is 9.37. The fraction of sp³-hybridized carbons (Fsp3) is 0.533. The van der Waals surface area contributed by atoms with Crippen LogP contribution in [-0.2, 0) is 17.6 Å². The summed E-state index contributed by atoms with van der Waals surface area (Å²) in [4.78, 5) is 11.4. The Morgan fingerprint density at radius 3 is 2.80 bits per heavy atom. The van der Waals surface area contributed by atoms with Gasteiger partial charge in [0.05, 0.1) is 11.3 Å². The second kappa shape index (κ2) is 5.81. The highest BCUT2D eigenvalue weighted by Gasteiger charge is 2.20. The number of amides is 1. The predicted molar refractivity (Wildman–Crippen MR) is 77.9 cm³/mol. The van der Waals surface area contributed by atoms with E-state index >= 15 is 0 Å². The Kier molecular flexibility index (Phi) is 4.30. The van der Waals surface area contributed by atoms with E-state index in [2.05, 4.69) is 10.6 Å². The van der Waals surface area contributed by atoms with Crippen LogP contribution in [0.4, 0.5) is 5.69 Å². The summed E-state index contributed by atoms with van der Waals surface area (Å²) in [5.74, 6) is 0.0753. The highest BCUT2D eigenvalue weighted by molar-refractivity contribution is 5.95. The van der Waals surface area contributed by atoms with E-state index in [4.69, 9.17) is 0 Å². The average molecular weight is 278 g/mol. The molecule has 1 amide bonds. The van der Waals surface area contributed by atoms with Crippen molar-refractivity contribution in [3.8, 4) is 5.75 Å². The van der Waals surface area contributed by atoms with Crippen molar-refractivity contribution in [2.24, 2.45) is 0 Å². The van der Waals surface area contributed by atoms with Crippen LogP contribution in [0.2, 0.25) is 0 Å². The Bertz CT molecular complexity index is 507. The lowest BCUT2D eigenvalue weighted by Crippen LogP contribution is -2.35. The predicted octanol–water partition coefficient (Wildman–Crippen LogP) is 1.18. The highest BCUT2D eigenvalue weighted by Crippen LogP contribution is 2.34. The number of phenols is 1. The molecule has 0 radical (unpaired) electrons. The monoisotopic (exact) mass is 278 g/mol. The van der Waals surface area contributed by atoms with Gasteiger partial charge in [0.25, 0.3) is 0 Å². The number of carbonyl (C=O) groups excluding carboxylic acids is 1. The molecule has 0 fully saturated rings. The quantitative estimate of drug-likeness (QED) is 0.481. The molecule has 4 N–H and O–H groups in total. The summed E-state index contributed by atoms with van der Waals surface area (Å²) >= 11 is 0. The maximum atomic E-state index is 11.4. The van der Waals surface area contributed by atoms with Gasteiger partial charge in [0.1, 0.15) is 5.75 Å². The van der Waals surface area contributed by atoms with Crippen LogP contribution in [0.15, 0.2) is 12.1 Å². The van der Waals surface area contributed by atoms with Gasteiger partial charge in [-0.2, -0.15) is 0 Å². The summed E-state index contributed by atoms with van der Waals surface area (Å²) in [6.45, 7) is 4.80. The summed E-state index contributed by atoms with van der Waals surface area (Å²) in [5, 5.41) is 25.4. The molecule has 1 heterocycles. The third kappa shape index (κ3) is 3.71. The number of anilines is 1. The van der Waals surface area contributed by atoms with E-state index in [9.17, 15) is 15.0 Å². The Morgan fingerprint density at radius 2 is 2.10 bits per heavy atom. The molecule has 5 nitrogen and oxygen atoms in total. The van der Waals surface area contributed by atoms with E-state index in [1.165, 1.54) is 0 Å². The van der Waals surface area contributed by atoms with Gasteiger partial charge in [-0.3, -0.25) is 4.79 Å². The van der Waals surface area contributed by atoms with E-state index < -0.39 is 5.60 Å². The van der Waals surface area contributed by atoms with Crippen LogP contribution in [0.5, 0.6) is 5.75 Å². The molecular weight excluding hydrogens is 256 g/mol. The Hall–Kier alpha value is -1.59. The fourth-order valence-electron chi connectivity index (χ4n) is 2.40. The zero-order valence-electron chi connectivity index (χ0n) is 12.0. The third-order valence-corrected chi connectivity index (χ3v) is 3.38. The first kappa shape index (κ1) is 14.8. The van der Waals surface area contributed by atoms with Crippen molar-refractivity contribution < 1.29 is 15.0 Å². The largest absolute Gasteiger partial charge is 0.506 e. The molecule has 20 heavy (non-hydrogen) atoms. The molecule has 1 aromatic rings. The van der Waals surface area contributed by atoms with Gasteiger partial charge in [-0.15, -0.1) is 0 Å². The first-order valence-corrected chi connectivity index (χ1v) is 6.93. The number of carbonyl (C=O) groups is 1. The zero-order chi connectivity index (χ0) is 14.8. The van der Waals surface area contributed by atoms with Crippen molar-refractivity contribution in [3.63, 3.8) is 0 Å². The Labute approximate surface area is 119 Å². The minimum atomic E-state index is -0.720. The number of rotatable bonds is 5. The molecule has 0 aliphatic carbocycles. The van der Waals surface area contributed by atoms with Crippen LogP contribution in [0.1, 0.15) is 31.4 Å². The molecule has 0 atom stereocenters. The lowest BCUT2D eigenvalue weighted by Gasteiger charge is -2.22. The first-order valence-electron chi connectivity index (χ1n) is 6.93. The summed E-state index contributed by atoms with van der Waals surface area (Å²) in [6.07, 6.45) is 1.92. The summed E-state index contributed by atoms with van der Waals surface area (Å²) in [6, 6.07) is 3.52. The molecule has 5 heteroatoms. The molecule has 0 unspecified atom stereocenters. The van der Waals surface area contributed by atoms with Crippen molar-refractivity contribution >= 4 is 11.6 Å². The molecule has 0 bridgehead atoms. The van der Waals surface area contributed by atoms with Crippen molar-refractivity contribution in [1.82, 2.24) is 5.32 Å². The maximum absolute atomic E-state index is 11.4. The van der Waals surface area contributed by atoms with Crippen molar-refractivity contribution in [1.29, 1.82) is 0 Å². The smallest absolute Gasteiger partial charge is 0.224 e. The SMILES string of the molecule is CC(C)(O)CNCCc1ccc(O)c2c1CCC(=O)N2. The van der Waals surface area contributed by atoms with Crippen LogP contribution in [0.25, 0.3) is 0 Å². The van der Waals surface area contributed by atoms with Gasteiger partial charge in [0.15, 0.2) is 0 Å². The number of nitrogens with one attached hydrogen (secondary N) is 2. The van der Waals surface area contributed by atoms with Gasteiger partial charge < -0.3 is 20.8 Å². The van der Waals surface area contributed by atoms with Gasteiger partial charge >= 0.3 is 0 Å². The van der Waals surface area contributed by atoms with E-state index in [0.29, 0.717) is 25.1 Å². The van der Waals surface area contributed by atoms with E-state index in [1.807, 2.05) is 6.07 Å². The topological polar surface area (TPSA) is 81.6 Å². The van der Waals surface area contributed by atoms with Crippen molar-refractivity contribution in [2.45, 2.75) is 38.7 Å². The van der Waals surface area contributed by atoms with Gasteiger partial charge in [-0.05, 0) is 50.4 Å². The lowest BCUT2D eigenvalue weighted by molar-refractivity contribution is -0.116. The van der Waals surface area contributed by atoms with Crippen molar-refractivity contribution in [3.05, 3.63) is 23.3 Å². The van der Waals surface area contributed by atoms with Crippen LogP contribution >= 0.6 is 0 Å². The normalized spacial score (nSPS) is 14.8. The molecule has 1 aliphatic heterocycles. The van der Waals surface area contributed by atoms with Gasteiger partial charge in [-0.25, -0.2) is 0 Å².